The van der Waals surface area contributed by atoms with E-state index in [1.807, 2.05) is 0 Å². The molecule has 0 aromatic heterocycles. The Kier molecular flexibility index (Phi) is 6.81. The van der Waals surface area contributed by atoms with Gasteiger partial charge in [-0.2, -0.15) is 0 Å². The maximum atomic E-state index is 2.53. The molecule has 0 amide bonds. The Balaban J connectivity index is 1.04. The van der Waals surface area contributed by atoms with Crippen LogP contribution >= 0.6 is 0 Å². The highest BCUT2D eigenvalue weighted by molar-refractivity contribution is 5.85. The smallest absolute Gasteiger partial charge is 0.0448 e. The van der Waals surface area contributed by atoms with Crippen molar-refractivity contribution in [3.05, 3.63) is 143 Å². The van der Waals surface area contributed by atoms with Crippen LogP contribution in [-0.4, -0.2) is 13.1 Å². The fourth-order valence-corrected chi connectivity index (χ4v) is 8.36. The monoisotopic (exact) mass is 614 g/mol. The molecule has 236 valence electrons. The lowest BCUT2D eigenvalue weighted by molar-refractivity contribution is 0.467. The molecule has 0 radical (unpaired) electrons. The molecule has 2 aliphatic heterocycles. The van der Waals surface area contributed by atoms with Crippen molar-refractivity contribution in [1.29, 1.82) is 0 Å². The standard InChI is InChI=1S/C45H46N2/c1-43(2)25-27-46(41-13-9-7-11-37(41)43)33-20-17-31(18-21-33)15-16-32-19-23-35-36-24-22-34(30-40(36)45(5,6)39(35)29-32)47-28-26-44(3,4)38-12-8-10-14-42(38)47/h7-24,29-30H,25-28H2,1-6H3/b16-15+. The van der Waals surface area contributed by atoms with Crippen LogP contribution < -0.4 is 9.80 Å². The molecule has 2 heterocycles. The first kappa shape index (κ1) is 29.8. The molecule has 47 heavy (non-hydrogen) atoms. The van der Waals surface area contributed by atoms with Crippen LogP contribution in [0.4, 0.5) is 22.7 Å². The van der Waals surface area contributed by atoms with Gasteiger partial charge in [0.05, 0.1) is 0 Å². The third kappa shape index (κ3) is 4.92. The summed E-state index contributed by atoms with van der Waals surface area (Å²) in [6.45, 7) is 16.3. The number of para-hydroxylation sites is 2. The first-order valence-electron chi connectivity index (χ1n) is 17.3. The summed E-state index contributed by atoms with van der Waals surface area (Å²) in [5.41, 5.74) is 16.5. The van der Waals surface area contributed by atoms with E-state index in [0.717, 1.165) is 25.9 Å². The van der Waals surface area contributed by atoms with E-state index >= 15 is 0 Å². The highest BCUT2D eigenvalue weighted by Crippen LogP contribution is 2.51. The zero-order valence-electron chi connectivity index (χ0n) is 28.8. The van der Waals surface area contributed by atoms with Crippen molar-refractivity contribution < 1.29 is 0 Å². The van der Waals surface area contributed by atoms with Crippen molar-refractivity contribution in [3.8, 4) is 11.1 Å². The Morgan fingerprint density at radius 2 is 0.936 bits per heavy atom. The lowest BCUT2D eigenvalue weighted by Crippen LogP contribution is -2.34. The van der Waals surface area contributed by atoms with Crippen LogP contribution in [0.2, 0.25) is 0 Å². The molecule has 1 aliphatic carbocycles. The minimum atomic E-state index is -0.0694. The van der Waals surface area contributed by atoms with Crippen molar-refractivity contribution in [3.63, 3.8) is 0 Å². The van der Waals surface area contributed by atoms with Gasteiger partial charge in [0, 0.05) is 41.3 Å². The predicted molar refractivity (Wildman–Crippen MR) is 202 cm³/mol. The molecular weight excluding hydrogens is 569 g/mol. The van der Waals surface area contributed by atoms with Crippen LogP contribution in [0, 0.1) is 0 Å². The molecule has 8 rings (SSSR count). The second kappa shape index (κ2) is 10.7. The topological polar surface area (TPSA) is 6.48 Å². The lowest BCUT2D eigenvalue weighted by Gasteiger charge is -2.40. The summed E-state index contributed by atoms with van der Waals surface area (Å²) >= 11 is 0. The summed E-state index contributed by atoms with van der Waals surface area (Å²) in [5, 5.41) is 0. The summed E-state index contributed by atoms with van der Waals surface area (Å²) in [7, 11) is 0. The third-order valence-corrected chi connectivity index (χ3v) is 11.4. The normalized spacial score (nSPS) is 18.4. The van der Waals surface area contributed by atoms with E-state index in [0.29, 0.717) is 0 Å². The minimum Gasteiger partial charge on any atom is -0.341 e. The van der Waals surface area contributed by atoms with Crippen molar-refractivity contribution >= 4 is 34.9 Å². The minimum absolute atomic E-state index is 0.0694. The van der Waals surface area contributed by atoms with Gasteiger partial charge < -0.3 is 9.80 Å². The van der Waals surface area contributed by atoms with Crippen LogP contribution in [0.1, 0.15) is 87.8 Å². The van der Waals surface area contributed by atoms with Gasteiger partial charge in [-0.05, 0) is 105 Å². The number of benzene rings is 5. The summed E-state index contributed by atoms with van der Waals surface area (Å²) in [6.07, 6.45) is 6.82. The SMILES string of the molecule is CC1(C)CCN(c2ccc(/C=C/c3ccc4c(c3)C(C)(C)c3cc(N5CCC(C)(C)c6ccccc65)ccc3-4)cc2)c2ccccc21. The van der Waals surface area contributed by atoms with Gasteiger partial charge in [0.15, 0.2) is 0 Å². The Morgan fingerprint density at radius 3 is 1.55 bits per heavy atom. The van der Waals surface area contributed by atoms with E-state index < -0.39 is 0 Å². The van der Waals surface area contributed by atoms with Gasteiger partial charge in [0.25, 0.3) is 0 Å². The van der Waals surface area contributed by atoms with E-state index in [1.165, 1.54) is 67.3 Å². The van der Waals surface area contributed by atoms with Gasteiger partial charge in [0.1, 0.15) is 0 Å². The second-order valence-electron chi connectivity index (χ2n) is 15.7. The predicted octanol–water partition coefficient (Wildman–Crippen LogP) is 11.8. The molecule has 0 bridgehead atoms. The van der Waals surface area contributed by atoms with Gasteiger partial charge in [-0.1, -0.05) is 126 Å². The molecule has 0 unspecified atom stereocenters. The molecule has 5 aromatic rings. The van der Waals surface area contributed by atoms with E-state index in [1.54, 1.807) is 0 Å². The number of rotatable bonds is 4. The average molecular weight is 615 g/mol. The van der Waals surface area contributed by atoms with Crippen molar-refractivity contribution in [2.45, 2.75) is 70.6 Å². The Hall–Kier alpha value is -4.56. The molecular formula is C45H46N2. The maximum absolute atomic E-state index is 2.53. The van der Waals surface area contributed by atoms with E-state index in [4.69, 9.17) is 0 Å². The number of hydrogen-bond acceptors (Lipinski definition) is 2. The Morgan fingerprint density at radius 1 is 0.468 bits per heavy atom. The lowest BCUT2D eigenvalue weighted by atomic mass is 9.77. The van der Waals surface area contributed by atoms with Crippen molar-refractivity contribution in [2.24, 2.45) is 0 Å². The van der Waals surface area contributed by atoms with Crippen molar-refractivity contribution in [2.75, 3.05) is 22.9 Å². The third-order valence-electron chi connectivity index (χ3n) is 11.4. The fourth-order valence-electron chi connectivity index (χ4n) is 8.36. The van der Waals surface area contributed by atoms with Crippen LogP contribution in [0.3, 0.4) is 0 Å². The largest absolute Gasteiger partial charge is 0.341 e. The first-order valence-corrected chi connectivity index (χ1v) is 17.3. The summed E-state index contributed by atoms with van der Waals surface area (Å²) in [4.78, 5) is 5.01. The maximum Gasteiger partial charge on any atom is 0.0448 e. The molecule has 2 nitrogen and oxygen atoms in total. The molecule has 0 N–H and O–H groups in total. The number of fused-ring (bicyclic) bond motifs is 5. The van der Waals surface area contributed by atoms with E-state index in [2.05, 4.69) is 173 Å². The quantitative estimate of drug-likeness (QED) is 0.186. The molecule has 0 saturated carbocycles. The molecule has 0 saturated heterocycles. The average Bonchev–Trinajstić information content (AvgIpc) is 3.29. The van der Waals surface area contributed by atoms with Crippen molar-refractivity contribution in [1.82, 2.24) is 0 Å². The summed E-state index contributed by atoms with van der Waals surface area (Å²) in [6, 6.07) is 41.1. The highest BCUT2D eigenvalue weighted by atomic mass is 15.2. The van der Waals surface area contributed by atoms with Gasteiger partial charge in [-0.15, -0.1) is 0 Å². The van der Waals surface area contributed by atoms with Gasteiger partial charge in [-0.3, -0.25) is 0 Å². The molecule has 3 aliphatic rings. The highest BCUT2D eigenvalue weighted by Gasteiger charge is 2.37. The molecule has 0 fully saturated rings. The van der Waals surface area contributed by atoms with Crippen LogP contribution in [0.5, 0.6) is 0 Å². The van der Waals surface area contributed by atoms with E-state index in [9.17, 15) is 0 Å². The van der Waals surface area contributed by atoms with Gasteiger partial charge in [0.2, 0.25) is 0 Å². The zero-order valence-corrected chi connectivity index (χ0v) is 28.8. The van der Waals surface area contributed by atoms with E-state index in [-0.39, 0.29) is 16.2 Å². The van der Waals surface area contributed by atoms with Crippen LogP contribution in [-0.2, 0) is 16.2 Å². The van der Waals surface area contributed by atoms with Crippen LogP contribution in [0.25, 0.3) is 23.3 Å². The molecule has 0 atom stereocenters. The van der Waals surface area contributed by atoms with Gasteiger partial charge in [-0.25, -0.2) is 0 Å². The summed E-state index contributed by atoms with van der Waals surface area (Å²) in [5.74, 6) is 0. The first-order chi connectivity index (χ1) is 22.5. The Labute approximate surface area is 281 Å². The summed E-state index contributed by atoms with van der Waals surface area (Å²) < 4.78 is 0. The zero-order chi connectivity index (χ0) is 32.6. The van der Waals surface area contributed by atoms with Crippen LogP contribution in [0.15, 0.2) is 109 Å². The molecule has 2 heteroatoms. The second-order valence-corrected chi connectivity index (χ2v) is 15.7. The Bertz CT molecular complexity index is 2020. The molecule has 5 aromatic carbocycles. The van der Waals surface area contributed by atoms with Gasteiger partial charge >= 0.3 is 0 Å². The number of hydrogen-bond donors (Lipinski definition) is 0. The molecule has 0 spiro atoms. The number of anilines is 4. The number of nitrogens with zero attached hydrogens (tertiary/aromatic N) is 2. The fraction of sp³-hybridized carbons (Fsp3) is 0.289.